The van der Waals surface area contributed by atoms with E-state index in [4.69, 9.17) is 0 Å². The van der Waals surface area contributed by atoms with Crippen LogP contribution in [0.5, 0.6) is 5.75 Å². The number of hydrazine groups is 1. The normalized spacial score (nSPS) is 16.3. The van der Waals surface area contributed by atoms with E-state index in [2.05, 4.69) is 48.4 Å². The summed E-state index contributed by atoms with van der Waals surface area (Å²) >= 11 is 6.27. The second-order valence-corrected chi connectivity index (χ2v) is 8.03. The van der Waals surface area contributed by atoms with Crippen LogP contribution in [-0.4, -0.2) is 15.5 Å². The molecule has 3 N–H and O–H groups in total. The Morgan fingerprint density at radius 2 is 1.85 bits per heavy atom. The summed E-state index contributed by atoms with van der Waals surface area (Å²) in [4.78, 5) is 4.51. The number of phenols is 1. The van der Waals surface area contributed by atoms with Crippen LogP contribution >= 0.6 is 24.0 Å². The van der Waals surface area contributed by atoms with E-state index in [1.54, 1.807) is 17.4 Å². The van der Waals surface area contributed by atoms with Gasteiger partial charge >= 0.3 is 0 Å². The van der Waals surface area contributed by atoms with Crippen molar-refractivity contribution in [2.45, 2.75) is 39.5 Å². The van der Waals surface area contributed by atoms with Crippen molar-refractivity contribution in [3.63, 3.8) is 0 Å². The number of phenolic OH excluding ortho intramolecular Hbond substituents is 1. The molecule has 2 aromatic carbocycles. The number of aryl methyl sites for hydroxylation is 2. The quantitative estimate of drug-likeness (QED) is 0.444. The smallest absolute Gasteiger partial charge is 0.125 e. The number of rotatable bonds is 2. The molecule has 1 aromatic heterocycles. The van der Waals surface area contributed by atoms with Crippen molar-refractivity contribution in [2.24, 2.45) is 0 Å². The molecule has 3 aromatic rings. The number of thiazole rings is 1. The largest absolute Gasteiger partial charge is 0.507 e. The highest BCUT2D eigenvalue weighted by Gasteiger charge is 2.28. The van der Waals surface area contributed by atoms with Crippen molar-refractivity contribution in [3.05, 3.63) is 58.1 Å². The van der Waals surface area contributed by atoms with Crippen molar-refractivity contribution >= 4 is 45.5 Å². The first-order chi connectivity index (χ1) is 13.0. The van der Waals surface area contributed by atoms with Crippen LogP contribution in [0.2, 0.25) is 0 Å². The second-order valence-electron chi connectivity index (χ2n) is 6.63. The zero-order chi connectivity index (χ0) is 19.6. The molecule has 2 heterocycles. The standard InChI is InChI=1S/C18H17N3OS2.C3H8/c1-9-6-12(13(22)7-10(9)2)17-15(18(23)21-20-17)11-4-3-5-14-16(11)19-8-24-14;1-3-2/h3-8,18,20-23H,1-2H3;3H2,1-2H3. The lowest BCUT2D eigenvalue weighted by Crippen LogP contribution is -2.28. The minimum Gasteiger partial charge on any atom is -0.507 e. The molecule has 142 valence electrons. The number of fused-ring (bicyclic) bond motifs is 1. The molecule has 27 heavy (non-hydrogen) atoms. The average molecular weight is 400 g/mol. The summed E-state index contributed by atoms with van der Waals surface area (Å²) in [6.07, 6.45) is 1.25. The Morgan fingerprint density at radius 1 is 1.15 bits per heavy atom. The summed E-state index contributed by atoms with van der Waals surface area (Å²) in [5, 5.41) is 10.3. The van der Waals surface area contributed by atoms with Crippen LogP contribution in [0.1, 0.15) is 42.5 Å². The van der Waals surface area contributed by atoms with Crippen LogP contribution in [0.25, 0.3) is 21.5 Å². The number of benzene rings is 2. The number of aromatic nitrogens is 1. The highest BCUT2D eigenvalue weighted by atomic mass is 32.1. The second kappa shape index (κ2) is 8.33. The topological polar surface area (TPSA) is 57.2 Å². The fourth-order valence-electron chi connectivity index (χ4n) is 3.02. The predicted molar refractivity (Wildman–Crippen MR) is 119 cm³/mol. The van der Waals surface area contributed by atoms with E-state index >= 15 is 0 Å². The van der Waals surface area contributed by atoms with Crippen molar-refractivity contribution in [3.8, 4) is 5.75 Å². The van der Waals surface area contributed by atoms with Gasteiger partial charge in [0.2, 0.25) is 0 Å². The number of para-hydroxylation sites is 1. The molecular formula is C21H25N3OS2. The Labute approximate surface area is 169 Å². The number of hydrogen-bond donors (Lipinski definition) is 4. The molecule has 4 nitrogen and oxygen atoms in total. The number of hydrogen-bond acceptors (Lipinski definition) is 6. The third-order valence-electron chi connectivity index (χ3n) is 4.41. The molecular weight excluding hydrogens is 374 g/mol. The van der Waals surface area contributed by atoms with Crippen molar-refractivity contribution in [2.75, 3.05) is 0 Å². The molecule has 0 spiro atoms. The molecule has 0 fully saturated rings. The molecule has 1 atom stereocenters. The first-order valence-corrected chi connectivity index (χ1v) is 10.4. The first-order valence-electron chi connectivity index (χ1n) is 9.04. The highest BCUT2D eigenvalue weighted by molar-refractivity contribution is 7.81. The lowest BCUT2D eigenvalue weighted by atomic mass is 9.96. The van der Waals surface area contributed by atoms with Crippen molar-refractivity contribution in [1.82, 2.24) is 15.8 Å². The minimum absolute atomic E-state index is 0.187. The van der Waals surface area contributed by atoms with Crippen LogP contribution in [0.15, 0.2) is 35.8 Å². The van der Waals surface area contributed by atoms with Gasteiger partial charge in [0.15, 0.2) is 0 Å². The van der Waals surface area contributed by atoms with Gasteiger partial charge in [0.05, 0.1) is 26.8 Å². The summed E-state index contributed by atoms with van der Waals surface area (Å²) in [6.45, 7) is 8.28. The molecule has 0 amide bonds. The minimum atomic E-state index is -0.187. The summed E-state index contributed by atoms with van der Waals surface area (Å²) in [6, 6.07) is 9.94. The molecule has 4 rings (SSSR count). The summed E-state index contributed by atoms with van der Waals surface area (Å²) in [5.74, 6) is 0.257. The van der Waals surface area contributed by atoms with Gasteiger partial charge < -0.3 is 10.5 Å². The van der Waals surface area contributed by atoms with Gasteiger partial charge in [-0.05, 0) is 43.2 Å². The molecule has 1 aliphatic heterocycles. The number of thiol groups is 1. The molecule has 0 bridgehead atoms. The third kappa shape index (κ3) is 3.83. The van der Waals surface area contributed by atoms with E-state index in [1.807, 2.05) is 37.6 Å². The Bertz CT molecular complexity index is 994. The Balaban J connectivity index is 0.000000659. The van der Waals surface area contributed by atoms with Crippen LogP contribution < -0.4 is 10.9 Å². The molecule has 6 heteroatoms. The SMILES string of the molecule is CCC.Cc1cc(O)c(C2=C(c3cccc4scnc34)C(S)NN2)cc1C. The molecule has 0 saturated carbocycles. The fourth-order valence-corrected chi connectivity index (χ4v) is 4.05. The number of aromatic hydroxyl groups is 1. The van der Waals surface area contributed by atoms with E-state index < -0.39 is 0 Å². The summed E-state index contributed by atoms with van der Waals surface area (Å²) < 4.78 is 1.14. The maximum Gasteiger partial charge on any atom is 0.125 e. The summed E-state index contributed by atoms with van der Waals surface area (Å²) in [7, 11) is 0. The maximum atomic E-state index is 10.5. The first kappa shape index (κ1) is 19.7. The van der Waals surface area contributed by atoms with E-state index in [9.17, 15) is 5.11 Å². The van der Waals surface area contributed by atoms with Gasteiger partial charge in [0.25, 0.3) is 0 Å². The van der Waals surface area contributed by atoms with Gasteiger partial charge in [-0.2, -0.15) is 12.6 Å². The van der Waals surface area contributed by atoms with Crippen LogP contribution in [0, 0.1) is 13.8 Å². The van der Waals surface area contributed by atoms with Crippen LogP contribution in [0.4, 0.5) is 0 Å². The van der Waals surface area contributed by atoms with Crippen LogP contribution in [0.3, 0.4) is 0 Å². The third-order valence-corrected chi connectivity index (χ3v) is 5.59. The highest BCUT2D eigenvalue weighted by Crippen LogP contribution is 2.39. The Morgan fingerprint density at radius 3 is 2.59 bits per heavy atom. The maximum absolute atomic E-state index is 10.5. The Kier molecular flexibility index (Phi) is 6.09. The molecule has 1 unspecified atom stereocenters. The number of nitrogens with one attached hydrogen (secondary N) is 2. The predicted octanol–water partition coefficient (Wildman–Crippen LogP) is 5.27. The van der Waals surface area contributed by atoms with E-state index in [0.29, 0.717) is 0 Å². The van der Waals surface area contributed by atoms with Gasteiger partial charge in [0, 0.05) is 16.7 Å². The van der Waals surface area contributed by atoms with Crippen LogP contribution in [-0.2, 0) is 0 Å². The van der Waals surface area contributed by atoms with Gasteiger partial charge in [-0.25, -0.2) is 10.4 Å². The zero-order valence-corrected chi connectivity index (χ0v) is 17.7. The van der Waals surface area contributed by atoms with Gasteiger partial charge in [-0.3, -0.25) is 0 Å². The fraction of sp³-hybridized carbons (Fsp3) is 0.286. The monoisotopic (exact) mass is 399 g/mol. The molecule has 0 saturated heterocycles. The van der Waals surface area contributed by atoms with Gasteiger partial charge in [-0.1, -0.05) is 32.4 Å². The lowest BCUT2D eigenvalue weighted by Gasteiger charge is -2.13. The molecule has 0 aliphatic carbocycles. The van der Waals surface area contributed by atoms with Crippen molar-refractivity contribution in [1.29, 1.82) is 0 Å². The zero-order valence-electron chi connectivity index (χ0n) is 16.0. The van der Waals surface area contributed by atoms with E-state index in [-0.39, 0.29) is 11.1 Å². The summed E-state index contributed by atoms with van der Waals surface area (Å²) in [5.41, 5.74) is 15.0. The van der Waals surface area contributed by atoms with E-state index in [0.717, 1.165) is 43.7 Å². The van der Waals surface area contributed by atoms with Gasteiger partial charge in [0.1, 0.15) is 5.75 Å². The lowest BCUT2D eigenvalue weighted by molar-refractivity contribution is 0.472. The number of nitrogens with zero attached hydrogens (tertiary/aromatic N) is 1. The Hall–Kier alpha value is -2.02. The van der Waals surface area contributed by atoms with Gasteiger partial charge in [-0.15, -0.1) is 11.3 Å². The van der Waals surface area contributed by atoms with Crippen molar-refractivity contribution < 1.29 is 5.11 Å². The molecule has 1 aliphatic rings. The molecule has 0 radical (unpaired) electrons. The average Bonchev–Trinajstić information content (AvgIpc) is 3.25. The van der Waals surface area contributed by atoms with E-state index in [1.165, 1.54) is 6.42 Å².